The topological polar surface area (TPSA) is 60.2 Å². The van der Waals surface area contributed by atoms with Crippen LogP contribution in [0.5, 0.6) is 0 Å². The number of anilines is 1. The molecule has 1 fully saturated rings. The predicted molar refractivity (Wildman–Crippen MR) is 102 cm³/mol. The maximum Gasteiger partial charge on any atom is 0.223 e. The molecule has 26 heavy (non-hydrogen) atoms. The number of hydrogen-bond donors (Lipinski definition) is 0. The molecular weight excluding hydrogens is 324 g/mol. The van der Waals surface area contributed by atoms with E-state index in [4.69, 9.17) is 0 Å². The molecule has 5 heteroatoms. The number of nitrogens with zero attached hydrogens (tertiary/aromatic N) is 4. The van der Waals surface area contributed by atoms with Crippen molar-refractivity contribution in [2.75, 3.05) is 31.1 Å². The van der Waals surface area contributed by atoms with Crippen molar-refractivity contribution in [3.63, 3.8) is 0 Å². The van der Waals surface area contributed by atoms with E-state index in [9.17, 15) is 10.1 Å². The van der Waals surface area contributed by atoms with Crippen molar-refractivity contribution < 1.29 is 4.79 Å². The first-order valence-electron chi connectivity index (χ1n) is 9.17. The summed E-state index contributed by atoms with van der Waals surface area (Å²) in [5.41, 5.74) is 3.12. The summed E-state index contributed by atoms with van der Waals surface area (Å²) in [5.74, 6) is 0.920. The minimum atomic E-state index is 0.200. The Morgan fingerprint density at radius 3 is 2.46 bits per heavy atom. The van der Waals surface area contributed by atoms with Gasteiger partial charge in [0.25, 0.3) is 0 Å². The van der Waals surface area contributed by atoms with Gasteiger partial charge in [0, 0.05) is 38.8 Å². The lowest BCUT2D eigenvalue weighted by Crippen LogP contribution is -2.49. The number of pyridine rings is 1. The molecule has 1 aliphatic rings. The van der Waals surface area contributed by atoms with Crippen LogP contribution in [0.25, 0.3) is 0 Å². The third kappa shape index (κ3) is 4.20. The minimum Gasteiger partial charge on any atom is -0.352 e. The van der Waals surface area contributed by atoms with Gasteiger partial charge in [-0.05, 0) is 36.1 Å². The van der Waals surface area contributed by atoms with Gasteiger partial charge in [0.2, 0.25) is 5.91 Å². The SMILES string of the molecule is CCc1ccc(CCC(=O)N2CCN(c3ncccc3C#N)CC2)cc1. The van der Waals surface area contributed by atoms with E-state index in [0.29, 0.717) is 38.2 Å². The van der Waals surface area contributed by atoms with Crippen LogP contribution in [0.2, 0.25) is 0 Å². The first-order chi connectivity index (χ1) is 12.7. The number of carbonyl (C=O) groups is 1. The fraction of sp³-hybridized carbons (Fsp3) is 0.381. The van der Waals surface area contributed by atoms with Gasteiger partial charge in [0.15, 0.2) is 0 Å². The Morgan fingerprint density at radius 2 is 1.81 bits per heavy atom. The normalized spacial score (nSPS) is 14.2. The lowest BCUT2D eigenvalue weighted by molar-refractivity contribution is -0.131. The van der Waals surface area contributed by atoms with Crippen molar-refractivity contribution in [1.29, 1.82) is 5.26 Å². The molecule has 134 valence electrons. The molecule has 0 spiro atoms. The lowest BCUT2D eigenvalue weighted by Gasteiger charge is -2.35. The van der Waals surface area contributed by atoms with Crippen LogP contribution in [0.4, 0.5) is 5.82 Å². The number of benzene rings is 1. The monoisotopic (exact) mass is 348 g/mol. The van der Waals surface area contributed by atoms with Crippen LogP contribution in [0.3, 0.4) is 0 Å². The van der Waals surface area contributed by atoms with E-state index in [1.54, 1.807) is 18.3 Å². The van der Waals surface area contributed by atoms with Crippen LogP contribution >= 0.6 is 0 Å². The molecule has 0 atom stereocenters. The largest absolute Gasteiger partial charge is 0.352 e. The molecule has 5 nitrogen and oxygen atoms in total. The molecule has 0 unspecified atom stereocenters. The second kappa shape index (κ2) is 8.48. The highest BCUT2D eigenvalue weighted by Gasteiger charge is 2.23. The van der Waals surface area contributed by atoms with Gasteiger partial charge in [-0.3, -0.25) is 4.79 Å². The van der Waals surface area contributed by atoms with E-state index in [0.717, 1.165) is 18.7 Å². The number of aromatic nitrogens is 1. The Kier molecular flexibility index (Phi) is 5.85. The Labute approximate surface area is 154 Å². The Hall–Kier alpha value is -2.87. The van der Waals surface area contributed by atoms with Crippen LogP contribution in [-0.2, 0) is 17.6 Å². The predicted octanol–water partition coefficient (Wildman–Crippen LogP) is 2.80. The van der Waals surface area contributed by atoms with Crippen molar-refractivity contribution in [3.05, 3.63) is 59.3 Å². The first-order valence-corrected chi connectivity index (χ1v) is 9.17. The molecule has 0 aliphatic carbocycles. The molecule has 2 heterocycles. The maximum atomic E-state index is 12.5. The molecule has 3 rings (SSSR count). The molecule has 2 aromatic rings. The minimum absolute atomic E-state index is 0.200. The fourth-order valence-corrected chi connectivity index (χ4v) is 3.25. The summed E-state index contributed by atoms with van der Waals surface area (Å²) >= 11 is 0. The fourth-order valence-electron chi connectivity index (χ4n) is 3.25. The highest BCUT2D eigenvalue weighted by molar-refractivity contribution is 5.76. The molecule has 1 aliphatic heterocycles. The van der Waals surface area contributed by atoms with Crippen molar-refractivity contribution in [3.8, 4) is 6.07 Å². The second-order valence-corrected chi connectivity index (χ2v) is 6.52. The standard InChI is InChI=1S/C21H24N4O/c1-2-17-5-7-18(8-6-17)9-10-20(26)24-12-14-25(15-13-24)21-19(16-22)4-3-11-23-21/h3-8,11H,2,9-10,12-15H2,1H3. The van der Waals surface area contributed by atoms with Crippen LogP contribution in [0.15, 0.2) is 42.6 Å². The number of carbonyl (C=O) groups excluding carboxylic acids is 1. The van der Waals surface area contributed by atoms with Crippen molar-refractivity contribution >= 4 is 11.7 Å². The van der Waals surface area contributed by atoms with Gasteiger partial charge in [-0.1, -0.05) is 31.2 Å². The number of rotatable bonds is 5. The summed E-state index contributed by atoms with van der Waals surface area (Å²) < 4.78 is 0. The number of hydrogen-bond acceptors (Lipinski definition) is 4. The summed E-state index contributed by atoms with van der Waals surface area (Å²) in [5, 5.41) is 9.22. The maximum absolute atomic E-state index is 12.5. The molecule has 1 aromatic carbocycles. The number of amides is 1. The van der Waals surface area contributed by atoms with E-state index < -0.39 is 0 Å². The number of aryl methyl sites for hydroxylation is 2. The highest BCUT2D eigenvalue weighted by atomic mass is 16.2. The number of nitriles is 1. The van der Waals surface area contributed by atoms with Gasteiger partial charge in [-0.25, -0.2) is 4.98 Å². The van der Waals surface area contributed by atoms with Gasteiger partial charge in [-0.2, -0.15) is 5.26 Å². The second-order valence-electron chi connectivity index (χ2n) is 6.52. The average Bonchev–Trinajstić information content (AvgIpc) is 2.72. The van der Waals surface area contributed by atoms with E-state index >= 15 is 0 Å². The van der Waals surface area contributed by atoms with Crippen LogP contribution in [-0.4, -0.2) is 42.0 Å². The smallest absolute Gasteiger partial charge is 0.223 e. The zero-order valence-electron chi connectivity index (χ0n) is 15.2. The van der Waals surface area contributed by atoms with Gasteiger partial charge in [-0.15, -0.1) is 0 Å². The quantitative estimate of drug-likeness (QED) is 0.834. The first kappa shape index (κ1) is 17.9. The molecular formula is C21H24N4O. The summed E-state index contributed by atoms with van der Waals surface area (Å²) in [6.45, 7) is 4.91. The van der Waals surface area contributed by atoms with E-state index in [-0.39, 0.29) is 5.91 Å². The summed E-state index contributed by atoms with van der Waals surface area (Å²) in [4.78, 5) is 20.8. The van der Waals surface area contributed by atoms with Gasteiger partial charge in [0.1, 0.15) is 11.9 Å². The lowest BCUT2D eigenvalue weighted by atomic mass is 10.1. The van der Waals surface area contributed by atoms with Gasteiger partial charge < -0.3 is 9.80 Å². The van der Waals surface area contributed by atoms with Gasteiger partial charge >= 0.3 is 0 Å². The van der Waals surface area contributed by atoms with Crippen molar-refractivity contribution in [1.82, 2.24) is 9.88 Å². The average molecular weight is 348 g/mol. The summed E-state index contributed by atoms with van der Waals surface area (Å²) in [6, 6.07) is 14.3. The van der Waals surface area contributed by atoms with Crippen molar-refractivity contribution in [2.24, 2.45) is 0 Å². The Balaban J connectivity index is 1.51. The molecule has 1 saturated heterocycles. The van der Waals surface area contributed by atoms with Crippen LogP contribution in [0, 0.1) is 11.3 Å². The highest BCUT2D eigenvalue weighted by Crippen LogP contribution is 2.18. The molecule has 0 radical (unpaired) electrons. The molecule has 0 N–H and O–H groups in total. The Bertz CT molecular complexity index is 786. The molecule has 1 aromatic heterocycles. The molecule has 0 saturated carbocycles. The molecule has 0 bridgehead atoms. The number of piperazine rings is 1. The zero-order chi connectivity index (χ0) is 18.4. The van der Waals surface area contributed by atoms with Crippen LogP contribution in [0.1, 0.15) is 30.0 Å². The Morgan fingerprint density at radius 1 is 1.12 bits per heavy atom. The van der Waals surface area contributed by atoms with Crippen molar-refractivity contribution in [2.45, 2.75) is 26.2 Å². The summed E-state index contributed by atoms with van der Waals surface area (Å²) in [7, 11) is 0. The third-order valence-corrected chi connectivity index (χ3v) is 4.90. The van der Waals surface area contributed by atoms with E-state index in [2.05, 4.69) is 47.1 Å². The summed E-state index contributed by atoms with van der Waals surface area (Å²) in [6.07, 6.45) is 4.06. The van der Waals surface area contributed by atoms with Gasteiger partial charge in [0.05, 0.1) is 5.56 Å². The third-order valence-electron chi connectivity index (χ3n) is 4.90. The zero-order valence-corrected chi connectivity index (χ0v) is 15.2. The van der Waals surface area contributed by atoms with Crippen LogP contribution < -0.4 is 4.90 Å². The molecule has 1 amide bonds. The van der Waals surface area contributed by atoms with E-state index in [1.807, 2.05) is 4.90 Å². The van der Waals surface area contributed by atoms with E-state index in [1.165, 1.54) is 11.1 Å².